The quantitative estimate of drug-likeness (QED) is 0.0314. The molecule has 5 amide bonds. The molecule has 1 fully saturated rings. The number of carbonyl (C=O) groups excluding carboxylic acids is 6. The third-order valence-electron chi connectivity index (χ3n) is 13.3. The highest BCUT2D eigenvalue weighted by atomic mass is 32.2. The lowest BCUT2D eigenvalue weighted by Gasteiger charge is -2.37. The molecule has 1 saturated heterocycles. The highest BCUT2D eigenvalue weighted by molar-refractivity contribution is 7.94. The summed E-state index contributed by atoms with van der Waals surface area (Å²) in [4.78, 5) is 83.4. The Bertz CT molecular complexity index is 2460. The second kappa shape index (κ2) is 20.9. The first kappa shape index (κ1) is 49.0. The highest BCUT2D eigenvalue weighted by Gasteiger charge is 2.49. The van der Waals surface area contributed by atoms with Crippen molar-refractivity contribution >= 4 is 64.4 Å². The molecule has 2 aromatic rings. The molecular weight excluding hydrogens is 879 g/mol. The van der Waals surface area contributed by atoms with Crippen LogP contribution in [0.2, 0.25) is 0 Å². The lowest BCUT2D eigenvalue weighted by atomic mass is 9.76. The van der Waals surface area contributed by atoms with E-state index in [0.717, 1.165) is 38.8 Å². The van der Waals surface area contributed by atoms with Gasteiger partial charge in [-0.3, -0.25) is 38.7 Å². The van der Waals surface area contributed by atoms with Crippen LogP contribution in [-0.2, 0) is 53.7 Å². The predicted molar refractivity (Wildman–Crippen MR) is 249 cm³/mol. The van der Waals surface area contributed by atoms with Gasteiger partial charge in [0, 0.05) is 97.4 Å². The fraction of sp³-hybridized carbons (Fsp3) is 0.449. The number of hydrogen-bond acceptors (Lipinski definition) is 13. The summed E-state index contributed by atoms with van der Waals surface area (Å²) < 4.78 is 12.0. The lowest BCUT2D eigenvalue weighted by molar-refractivity contribution is -0.777. The van der Waals surface area contributed by atoms with Gasteiger partial charge >= 0.3 is 0 Å². The molecule has 5 aliphatic rings. The molecule has 0 aromatic heterocycles. The van der Waals surface area contributed by atoms with Crippen LogP contribution in [0.3, 0.4) is 0 Å². The van der Waals surface area contributed by atoms with E-state index in [9.17, 15) is 34.0 Å². The van der Waals surface area contributed by atoms with Gasteiger partial charge in [0.2, 0.25) is 23.4 Å². The summed E-state index contributed by atoms with van der Waals surface area (Å²) in [7, 11) is 4.01. The topological polar surface area (TPSA) is 202 Å². The number of rotatable bonds is 21. The second-order valence-electron chi connectivity index (χ2n) is 18.2. The molecule has 7 rings (SSSR count). The van der Waals surface area contributed by atoms with E-state index in [-0.39, 0.29) is 68.5 Å². The standard InChI is InChI=1S/C49H59N7O10S/c1-48(2)33-14-7-9-16-36(33)53(5)39(48)28-31-44(32(45(31)60)29-40-49(3,4)34-15-8-10-17-37(34)54(40)6)55-24-13-18-38(55)47(62)52-35(30-67-66-65-63)46(61)51-22-12-11-19-41(57)50-23-26-64-27-25-56-42(58)20-21-43(56)59/h7-10,14-17,20-21,28-29,35,38H,11-13,18-19,22-27,30H2,1-6H3,(H3-,50,51,52,57,61,62,63)/t35-,38+/m0/s1. The third-order valence-corrected chi connectivity index (χ3v) is 13.9. The SMILES string of the molecule is CN1C(=CC2=C(N3CCC[C@@H]3C(=O)N[C@@H](CSOO[O-])C(=O)NCCCCC(=O)NCCOCCN3C(=O)C=CC3=O)C(=CC3=[N+](C)c4ccccc4C3(C)C)C2=O)C(C)(C)c2ccccc21. The van der Waals surface area contributed by atoms with Crippen LogP contribution < -0.4 is 26.1 Å². The summed E-state index contributed by atoms with van der Waals surface area (Å²) in [5, 5.41) is 22.7. The average Bonchev–Trinajstić information content (AvgIpc) is 4.01. The normalized spacial score (nSPS) is 20.9. The number of benzene rings is 2. The lowest BCUT2D eigenvalue weighted by Crippen LogP contribution is -2.54. The van der Waals surface area contributed by atoms with Crippen LogP contribution in [0.5, 0.6) is 0 Å². The molecular formula is C49H59N7O10S. The van der Waals surface area contributed by atoms with Crippen molar-refractivity contribution < 1.29 is 52.7 Å². The third kappa shape index (κ3) is 10.2. The molecule has 4 heterocycles. The van der Waals surface area contributed by atoms with Crippen molar-refractivity contribution in [3.63, 3.8) is 0 Å². The number of fused-ring (bicyclic) bond motifs is 2. The zero-order valence-corrected chi connectivity index (χ0v) is 39.7. The summed E-state index contributed by atoms with van der Waals surface area (Å²) in [5.74, 6) is -2.13. The van der Waals surface area contributed by atoms with Gasteiger partial charge in [-0.1, -0.05) is 50.2 Å². The molecule has 3 N–H and O–H groups in total. The highest BCUT2D eigenvalue weighted by Crippen LogP contribution is 2.49. The van der Waals surface area contributed by atoms with Crippen LogP contribution in [0.15, 0.2) is 95.4 Å². The van der Waals surface area contributed by atoms with Crippen LogP contribution in [0.4, 0.5) is 11.4 Å². The molecule has 2 aromatic carbocycles. The van der Waals surface area contributed by atoms with Gasteiger partial charge in [-0.05, 0) is 57.2 Å². The molecule has 17 nitrogen and oxygen atoms in total. The van der Waals surface area contributed by atoms with Crippen LogP contribution in [0.1, 0.15) is 70.9 Å². The summed E-state index contributed by atoms with van der Waals surface area (Å²) in [5.41, 5.74) is 7.22. The van der Waals surface area contributed by atoms with Gasteiger partial charge in [-0.25, -0.2) is 0 Å². The maximum absolute atomic E-state index is 14.6. The van der Waals surface area contributed by atoms with E-state index in [1.165, 1.54) is 12.2 Å². The number of likely N-dealkylation sites (tertiary alicyclic amines) is 1. The number of imide groups is 1. The molecule has 1 aliphatic carbocycles. The Hall–Kier alpha value is -5.92. The van der Waals surface area contributed by atoms with E-state index in [1.54, 1.807) is 0 Å². The van der Waals surface area contributed by atoms with Gasteiger partial charge in [0.25, 0.3) is 11.8 Å². The molecule has 0 radical (unpaired) electrons. The van der Waals surface area contributed by atoms with Crippen molar-refractivity contribution in [1.29, 1.82) is 0 Å². The fourth-order valence-electron chi connectivity index (χ4n) is 9.69. The number of nitrogens with one attached hydrogen (secondary N) is 3. The van der Waals surface area contributed by atoms with Crippen molar-refractivity contribution in [3.8, 4) is 0 Å². The minimum atomic E-state index is -1.11. The summed E-state index contributed by atoms with van der Waals surface area (Å²) in [6, 6.07) is 14.6. The monoisotopic (exact) mass is 937 g/mol. The second-order valence-corrected chi connectivity index (χ2v) is 18.9. The maximum Gasteiger partial charge on any atom is 0.253 e. The Morgan fingerprint density at radius 3 is 2.36 bits per heavy atom. The number of ether oxygens (including phenoxy) is 1. The number of anilines is 1. The predicted octanol–water partition coefficient (Wildman–Crippen LogP) is 2.93. The van der Waals surface area contributed by atoms with Gasteiger partial charge in [-0.15, -0.1) is 0 Å². The van der Waals surface area contributed by atoms with Crippen LogP contribution in [0.25, 0.3) is 0 Å². The number of allylic oxidation sites excluding steroid dienone is 5. The number of likely N-dealkylation sites (N-methyl/N-ethyl adjacent to an activating group) is 1. The molecule has 0 bridgehead atoms. The zero-order valence-electron chi connectivity index (χ0n) is 38.8. The first-order chi connectivity index (χ1) is 32.1. The Morgan fingerprint density at radius 2 is 1.64 bits per heavy atom. The van der Waals surface area contributed by atoms with E-state index in [4.69, 9.17) is 4.74 Å². The Kier molecular flexibility index (Phi) is 15.3. The van der Waals surface area contributed by atoms with E-state index in [1.807, 2.05) is 55.4 Å². The zero-order chi connectivity index (χ0) is 48.0. The fourth-order valence-corrected chi connectivity index (χ4v) is 10.2. The van der Waals surface area contributed by atoms with Crippen molar-refractivity contribution in [2.75, 3.05) is 64.1 Å². The summed E-state index contributed by atoms with van der Waals surface area (Å²) in [6.45, 7) is 10.0. The smallest absolute Gasteiger partial charge is 0.253 e. The Labute approximate surface area is 395 Å². The number of para-hydroxylation sites is 2. The summed E-state index contributed by atoms with van der Waals surface area (Å²) in [6.07, 6.45) is 8.64. The van der Waals surface area contributed by atoms with Crippen molar-refractivity contribution in [3.05, 3.63) is 107 Å². The van der Waals surface area contributed by atoms with E-state index >= 15 is 0 Å². The number of hydrogen-bond donors (Lipinski definition) is 3. The van der Waals surface area contributed by atoms with Gasteiger partial charge in [0.1, 0.15) is 19.1 Å². The molecule has 2 atom stereocenters. The minimum absolute atomic E-state index is 0.114. The van der Waals surface area contributed by atoms with Crippen molar-refractivity contribution in [2.45, 2.75) is 82.7 Å². The summed E-state index contributed by atoms with van der Waals surface area (Å²) >= 11 is 0.585. The minimum Gasteiger partial charge on any atom is -0.691 e. The number of unbranched alkanes of at least 4 members (excludes halogenated alkanes) is 1. The first-order valence-electron chi connectivity index (χ1n) is 22.7. The number of amides is 5. The van der Waals surface area contributed by atoms with Crippen molar-refractivity contribution in [2.24, 2.45) is 0 Å². The Morgan fingerprint density at radius 1 is 0.925 bits per heavy atom. The van der Waals surface area contributed by atoms with Gasteiger partial charge in [0.05, 0.1) is 42.2 Å². The number of ketones is 1. The van der Waals surface area contributed by atoms with Crippen LogP contribution >= 0.6 is 12.0 Å². The first-order valence-corrected chi connectivity index (χ1v) is 23.6. The van der Waals surface area contributed by atoms with Crippen LogP contribution in [-0.4, -0.2) is 127 Å². The van der Waals surface area contributed by atoms with Gasteiger partial charge in [0.15, 0.2) is 11.5 Å². The maximum atomic E-state index is 14.6. The molecule has 0 spiro atoms. The Balaban J connectivity index is 1.02. The van der Waals surface area contributed by atoms with E-state index in [2.05, 4.69) is 86.8 Å². The molecule has 18 heteroatoms. The van der Waals surface area contributed by atoms with E-state index < -0.39 is 34.7 Å². The molecule has 4 aliphatic heterocycles. The molecule has 67 heavy (non-hydrogen) atoms. The molecule has 0 saturated carbocycles. The van der Waals surface area contributed by atoms with Gasteiger partial charge < -0.3 is 35.7 Å². The molecule has 0 unspecified atom stereocenters. The van der Waals surface area contributed by atoms with Crippen molar-refractivity contribution in [1.82, 2.24) is 25.8 Å². The number of Topliss-reactive ketones (excluding diaryl/α,β-unsaturated/α-hetero) is 1. The van der Waals surface area contributed by atoms with Crippen LogP contribution in [0, 0.1) is 0 Å². The van der Waals surface area contributed by atoms with Gasteiger partial charge in [-0.2, -0.15) is 8.91 Å². The largest absolute Gasteiger partial charge is 0.691 e. The number of nitrogens with zero attached hydrogens (tertiary/aromatic N) is 4. The van der Waals surface area contributed by atoms with E-state index in [0.29, 0.717) is 61.1 Å². The number of carbonyl (C=O) groups is 6. The average molecular weight is 938 g/mol. The molecule has 356 valence electrons.